The number of pyridine rings is 1. The molecule has 10 heteroatoms. The molecule has 2 aromatic heterocycles. The molecule has 6 nitrogen and oxygen atoms in total. The molecule has 1 aromatic carbocycles. The molecule has 2 heterocycles. The van der Waals surface area contributed by atoms with Gasteiger partial charge in [-0.1, -0.05) is 6.07 Å². The molecule has 3 rings (SSSR count). The first kappa shape index (κ1) is 17.8. The first-order valence-corrected chi connectivity index (χ1v) is 7.41. The highest BCUT2D eigenvalue weighted by molar-refractivity contribution is 6.03. The van der Waals surface area contributed by atoms with E-state index in [-0.39, 0.29) is 18.8 Å². The lowest BCUT2D eigenvalue weighted by atomic mass is 10.2. The molecule has 3 aromatic rings. The van der Waals surface area contributed by atoms with Crippen molar-refractivity contribution in [2.75, 3.05) is 11.9 Å². The number of aliphatic hydroxyl groups is 1. The predicted octanol–water partition coefficient (Wildman–Crippen LogP) is 2.83. The summed E-state index contributed by atoms with van der Waals surface area (Å²) in [6.45, 7) is 0.0629. The average molecular weight is 368 g/mol. The molecule has 0 fully saturated rings. The van der Waals surface area contributed by atoms with Crippen LogP contribution in [0.2, 0.25) is 0 Å². The van der Waals surface area contributed by atoms with Crippen molar-refractivity contribution >= 4 is 22.5 Å². The highest BCUT2D eigenvalue weighted by Gasteiger charge is 2.33. The maximum atomic E-state index is 14.1. The van der Waals surface area contributed by atoms with Crippen LogP contribution in [0.4, 0.5) is 23.2 Å². The minimum Gasteiger partial charge on any atom is -0.394 e. The first-order valence-electron chi connectivity index (χ1n) is 7.41. The van der Waals surface area contributed by atoms with E-state index in [0.29, 0.717) is 10.9 Å². The van der Waals surface area contributed by atoms with Crippen LogP contribution in [-0.2, 0) is 12.7 Å². The topological polar surface area (TPSA) is 80.0 Å². The molecule has 136 valence electrons. The predicted molar refractivity (Wildman–Crippen MR) is 84.0 cm³/mol. The summed E-state index contributed by atoms with van der Waals surface area (Å²) in [6.07, 6.45) is -3.15. The fourth-order valence-corrected chi connectivity index (χ4v) is 2.32. The fourth-order valence-electron chi connectivity index (χ4n) is 2.32. The molecule has 0 radical (unpaired) electrons. The molecule has 0 bridgehead atoms. The van der Waals surface area contributed by atoms with E-state index in [1.54, 1.807) is 6.20 Å². The second-order valence-electron chi connectivity index (χ2n) is 5.37. The van der Waals surface area contributed by atoms with Gasteiger partial charge in [0.05, 0.1) is 24.4 Å². The minimum absolute atomic E-state index is 0.152. The van der Waals surface area contributed by atoms with Gasteiger partial charge in [0.2, 0.25) is 0 Å². The average Bonchev–Trinajstić information content (AvgIpc) is 2.96. The van der Waals surface area contributed by atoms with Crippen LogP contribution in [0, 0.1) is 5.82 Å². The third-order valence-corrected chi connectivity index (χ3v) is 3.49. The molecule has 0 saturated carbocycles. The number of nitrogens with one attached hydrogen (secondary N) is 1. The van der Waals surface area contributed by atoms with E-state index in [2.05, 4.69) is 15.4 Å². The van der Waals surface area contributed by atoms with Crippen LogP contribution in [0.25, 0.3) is 10.9 Å². The zero-order valence-corrected chi connectivity index (χ0v) is 13.1. The second-order valence-corrected chi connectivity index (χ2v) is 5.37. The number of fused-ring (bicyclic) bond motifs is 1. The number of carbonyl (C=O) groups excluding carboxylic acids is 1. The number of halogens is 4. The SMILES string of the molecule is O=C(Nc1cc2cn(CCO)nc2cc1F)c1cccc(C(F)(F)F)n1. The summed E-state index contributed by atoms with van der Waals surface area (Å²) < 4.78 is 53.6. The maximum absolute atomic E-state index is 14.1. The molecule has 0 aliphatic rings. The number of rotatable bonds is 4. The van der Waals surface area contributed by atoms with E-state index in [1.165, 1.54) is 10.7 Å². The number of hydrogen-bond donors (Lipinski definition) is 2. The standard InChI is InChI=1S/C16H12F4N4O2/c17-10-7-12-9(8-24(23-12)4-5-25)6-13(10)22-15(26)11-2-1-3-14(21-11)16(18,19)20/h1-3,6-8,25H,4-5H2,(H,22,26). The van der Waals surface area contributed by atoms with Crippen molar-refractivity contribution in [3.63, 3.8) is 0 Å². The number of aliphatic hydroxyl groups excluding tert-OH is 1. The molecule has 0 atom stereocenters. The van der Waals surface area contributed by atoms with Crippen LogP contribution in [0.5, 0.6) is 0 Å². The molecule has 1 amide bonds. The van der Waals surface area contributed by atoms with E-state index < -0.39 is 29.3 Å². The van der Waals surface area contributed by atoms with Gasteiger partial charge in [0.1, 0.15) is 17.2 Å². The summed E-state index contributed by atoms with van der Waals surface area (Å²) in [6, 6.07) is 5.26. The summed E-state index contributed by atoms with van der Waals surface area (Å²) in [5.74, 6) is -1.77. The van der Waals surface area contributed by atoms with E-state index in [4.69, 9.17) is 5.11 Å². The number of hydrogen-bond acceptors (Lipinski definition) is 4. The highest BCUT2D eigenvalue weighted by Crippen LogP contribution is 2.28. The number of benzene rings is 1. The van der Waals surface area contributed by atoms with Gasteiger partial charge in [-0.2, -0.15) is 18.3 Å². The Morgan fingerprint density at radius 3 is 2.73 bits per heavy atom. The third kappa shape index (κ3) is 3.64. The number of carbonyl (C=O) groups is 1. The van der Waals surface area contributed by atoms with Gasteiger partial charge in [-0.3, -0.25) is 9.48 Å². The summed E-state index contributed by atoms with van der Waals surface area (Å²) >= 11 is 0. The molecule has 0 unspecified atom stereocenters. The van der Waals surface area contributed by atoms with E-state index in [1.807, 2.05) is 0 Å². The number of anilines is 1. The Balaban J connectivity index is 1.88. The molecule has 0 saturated heterocycles. The summed E-state index contributed by atoms with van der Waals surface area (Å²) in [5.41, 5.74) is -1.61. The Hall–Kier alpha value is -3.01. The van der Waals surface area contributed by atoms with Crippen molar-refractivity contribution < 1.29 is 27.5 Å². The smallest absolute Gasteiger partial charge is 0.394 e. The van der Waals surface area contributed by atoms with Crippen molar-refractivity contribution in [3.8, 4) is 0 Å². The third-order valence-electron chi connectivity index (χ3n) is 3.49. The van der Waals surface area contributed by atoms with E-state index in [9.17, 15) is 22.4 Å². The fraction of sp³-hybridized carbons (Fsp3) is 0.188. The molecule has 26 heavy (non-hydrogen) atoms. The zero-order valence-electron chi connectivity index (χ0n) is 13.1. The monoisotopic (exact) mass is 368 g/mol. The Morgan fingerprint density at radius 2 is 2.04 bits per heavy atom. The molecule has 0 aliphatic heterocycles. The summed E-state index contributed by atoms with van der Waals surface area (Å²) in [5, 5.41) is 15.6. The van der Waals surface area contributed by atoms with Gasteiger partial charge >= 0.3 is 6.18 Å². The number of aromatic nitrogens is 3. The summed E-state index contributed by atoms with van der Waals surface area (Å²) in [4.78, 5) is 15.4. The Labute approximate surface area is 144 Å². The molecule has 0 aliphatic carbocycles. The highest BCUT2D eigenvalue weighted by atomic mass is 19.4. The lowest BCUT2D eigenvalue weighted by Gasteiger charge is -2.09. The van der Waals surface area contributed by atoms with Crippen LogP contribution < -0.4 is 5.32 Å². The largest absolute Gasteiger partial charge is 0.433 e. The molecule has 2 N–H and O–H groups in total. The molecule has 0 spiro atoms. The van der Waals surface area contributed by atoms with Crippen LogP contribution in [-0.4, -0.2) is 32.4 Å². The van der Waals surface area contributed by atoms with Crippen molar-refractivity contribution in [1.82, 2.24) is 14.8 Å². The van der Waals surface area contributed by atoms with Gasteiger partial charge in [0, 0.05) is 17.6 Å². The van der Waals surface area contributed by atoms with Gasteiger partial charge < -0.3 is 10.4 Å². The van der Waals surface area contributed by atoms with Crippen LogP contribution in [0.1, 0.15) is 16.2 Å². The van der Waals surface area contributed by atoms with Crippen molar-refractivity contribution in [2.24, 2.45) is 0 Å². The van der Waals surface area contributed by atoms with Crippen molar-refractivity contribution in [3.05, 3.63) is 53.7 Å². The van der Waals surface area contributed by atoms with Crippen LogP contribution >= 0.6 is 0 Å². The Kier molecular flexibility index (Phi) is 4.60. The Morgan fingerprint density at radius 1 is 1.27 bits per heavy atom. The van der Waals surface area contributed by atoms with Gasteiger partial charge in [0.25, 0.3) is 5.91 Å². The van der Waals surface area contributed by atoms with Gasteiger partial charge in [-0.05, 0) is 18.2 Å². The maximum Gasteiger partial charge on any atom is 0.433 e. The second kappa shape index (κ2) is 6.71. The zero-order chi connectivity index (χ0) is 18.9. The molecular formula is C16H12F4N4O2. The van der Waals surface area contributed by atoms with Crippen LogP contribution in [0.3, 0.4) is 0 Å². The number of alkyl halides is 3. The lowest BCUT2D eigenvalue weighted by molar-refractivity contribution is -0.141. The van der Waals surface area contributed by atoms with E-state index >= 15 is 0 Å². The van der Waals surface area contributed by atoms with Gasteiger partial charge in [-0.15, -0.1) is 0 Å². The van der Waals surface area contributed by atoms with Gasteiger partial charge in [0.15, 0.2) is 0 Å². The van der Waals surface area contributed by atoms with Gasteiger partial charge in [-0.25, -0.2) is 9.37 Å². The quantitative estimate of drug-likeness (QED) is 0.694. The van der Waals surface area contributed by atoms with Crippen LogP contribution in [0.15, 0.2) is 36.5 Å². The molecular weight excluding hydrogens is 356 g/mol. The minimum atomic E-state index is -4.69. The first-order chi connectivity index (χ1) is 12.3. The Bertz CT molecular complexity index is 969. The summed E-state index contributed by atoms with van der Waals surface area (Å²) in [7, 11) is 0. The van der Waals surface area contributed by atoms with Crippen molar-refractivity contribution in [1.29, 1.82) is 0 Å². The van der Waals surface area contributed by atoms with E-state index in [0.717, 1.165) is 24.3 Å². The number of amides is 1. The number of nitrogens with zero attached hydrogens (tertiary/aromatic N) is 3. The lowest BCUT2D eigenvalue weighted by Crippen LogP contribution is -2.17. The normalized spacial score (nSPS) is 11.7. The van der Waals surface area contributed by atoms with Crippen molar-refractivity contribution in [2.45, 2.75) is 12.7 Å².